The number of halogens is 1. The Morgan fingerprint density at radius 2 is 0.905 bits per heavy atom. The van der Waals surface area contributed by atoms with Crippen LogP contribution in [0.3, 0.4) is 0 Å². The summed E-state index contributed by atoms with van der Waals surface area (Å²) in [5, 5.41) is 13.4. The van der Waals surface area contributed by atoms with Gasteiger partial charge in [-0.25, -0.2) is 0 Å². The lowest BCUT2D eigenvalue weighted by Gasteiger charge is -2.03. The first-order chi connectivity index (χ1) is 9.91. The summed E-state index contributed by atoms with van der Waals surface area (Å²) in [4.78, 5) is 0. The van der Waals surface area contributed by atoms with Crippen LogP contribution in [0.1, 0.15) is 26.7 Å². The van der Waals surface area contributed by atoms with Crippen LogP contribution in [-0.2, 0) is 0 Å². The largest absolute Gasteiger partial charge is 0.314 e. The number of hydrogen-bond acceptors (Lipinski definition) is 4. The molecule has 0 unspecified atom stereocenters. The molecule has 0 atom stereocenters. The van der Waals surface area contributed by atoms with E-state index in [1.807, 2.05) is 0 Å². The maximum Gasteiger partial charge on any atom is 0.0135 e. The lowest BCUT2D eigenvalue weighted by molar-refractivity contribution is 0.616. The Kier molecular flexibility index (Phi) is 23.9. The quantitative estimate of drug-likeness (QED) is 0.274. The van der Waals surface area contributed by atoms with Crippen molar-refractivity contribution in [3.05, 3.63) is 24.3 Å². The smallest absolute Gasteiger partial charge is 0.0135 e. The Morgan fingerprint density at radius 1 is 0.571 bits per heavy atom. The first kappa shape index (κ1) is 22.9. The van der Waals surface area contributed by atoms with Gasteiger partial charge in [0.15, 0.2) is 0 Å². The number of hydrogen-bond donors (Lipinski definition) is 4. The van der Waals surface area contributed by atoms with Crippen LogP contribution < -0.4 is 21.3 Å². The maximum atomic E-state index is 3.42. The Labute approximate surface area is 137 Å². The van der Waals surface area contributed by atoms with E-state index in [1.165, 1.54) is 12.8 Å². The Morgan fingerprint density at radius 3 is 1.24 bits per heavy atom. The van der Waals surface area contributed by atoms with Gasteiger partial charge in [0.1, 0.15) is 0 Å². The van der Waals surface area contributed by atoms with Crippen molar-refractivity contribution in [3.8, 4) is 0 Å². The van der Waals surface area contributed by atoms with Crippen molar-refractivity contribution in [2.45, 2.75) is 26.7 Å². The van der Waals surface area contributed by atoms with E-state index < -0.39 is 0 Å². The normalized spacial score (nSPS) is 11.3. The molecule has 0 radical (unpaired) electrons. The van der Waals surface area contributed by atoms with E-state index in [0.717, 1.165) is 52.4 Å². The van der Waals surface area contributed by atoms with Crippen molar-refractivity contribution < 1.29 is 0 Å². The minimum atomic E-state index is 0. The lowest BCUT2D eigenvalue weighted by Crippen LogP contribution is -2.19. The molecule has 0 saturated heterocycles. The number of likely N-dealkylation sites (N-methyl/N-ethyl adjacent to an activating group) is 2. The van der Waals surface area contributed by atoms with Gasteiger partial charge in [0.2, 0.25) is 0 Å². The molecule has 0 aliphatic carbocycles. The summed E-state index contributed by atoms with van der Waals surface area (Å²) in [7, 11) is 0. The molecule has 0 aliphatic rings. The molecule has 126 valence electrons. The minimum absolute atomic E-state index is 0. The second-order valence-electron chi connectivity index (χ2n) is 4.67. The summed E-state index contributed by atoms with van der Waals surface area (Å²) in [6.45, 7) is 12.4. The zero-order chi connectivity index (χ0) is 14.7. The first-order valence-electron chi connectivity index (χ1n) is 8.04. The van der Waals surface area contributed by atoms with Gasteiger partial charge in [-0.1, -0.05) is 38.2 Å². The topological polar surface area (TPSA) is 48.1 Å². The second-order valence-corrected chi connectivity index (χ2v) is 4.67. The van der Waals surface area contributed by atoms with Crippen molar-refractivity contribution in [3.63, 3.8) is 0 Å². The lowest BCUT2D eigenvalue weighted by atomic mass is 10.3. The first-order valence-corrected chi connectivity index (χ1v) is 8.04. The van der Waals surface area contributed by atoms with Gasteiger partial charge >= 0.3 is 0 Å². The van der Waals surface area contributed by atoms with Crippen LogP contribution >= 0.6 is 12.4 Å². The molecule has 0 amide bonds. The third-order valence-electron chi connectivity index (χ3n) is 2.84. The predicted molar refractivity (Wildman–Crippen MR) is 97.6 cm³/mol. The SMILES string of the molecule is CCNC/C=C\CNCCCCNC/C=C\CNCC.Cl. The molecule has 5 heteroatoms. The number of nitrogens with one attached hydrogen (secondary N) is 4. The highest BCUT2D eigenvalue weighted by Crippen LogP contribution is 1.84. The summed E-state index contributed by atoms with van der Waals surface area (Å²) >= 11 is 0. The minimum Gasteiger partial charge on any atom is -0.314 e. The van der Waals surface area contributed by atoms with Crippen molar-refractivity contribution >= 4 is 12.4 Å². The Bertz CT molecular complexity index is 208. The zero-order valence-electron chi connectivity index (χ0n) is 13.8. The van der Waals surface area contributed by atoms with E-state index in [1.54, 1.807) is 0 Å². The third-order valence-corrected chi connectivity index (χ3v) is 2.84. The standard InChI is InChI=1S/C16H34N4.ClH/c1-3-17-11-5-7-13-19-15-9-10-16-20-14-8-6-12-18-4-2;/h5-8,17-20H,3-4,9-16H2,1-2H3;1H/b7-5-,8-6-;. The predicted octanol–water partition coefficient (Wildman–Crippen LogP) is 1.70. The molecule has 0 aromatic carbocycles. The van der Waals surface area contributed by atoms with Crippen LogP contribution in [0.5, 0.6) is 0 Å². The summed E-state index contributed by atoms with van der Waals surface area (Å²) in [6, 6.07) is 0. The monoisotopic (exact) mass is 318 g/mol. The highest BCUT2D eigenvalue weighted by molar-refractivity contribution is 5.85. The molecule has 0 bridgehead atoms. The molecule has 0 heterocycles. The van der Waals surface area contributed by atoms with E-state index in [0.29, 0.717) is 0 Å². The second kappa shape index (κ2) is 21.9. The fourth-order valence-electron chi connectivity index (χ4n) is 1.66. The van der Waals surface area contributed by atoms with Gasteiger partial charge in [-0.2, -0.15) is 0 Å². The summed E-state index contributed by atoms with van der Waals surface area (Å²) < 4.78 is 0. The van der Waals surface area contributed by atoms with Crippen LogP contribution in [-0.4, -0.2) is 52.4 Å². The van der Waals surface area contributed by atoms with Gasteiger partial charge in [0.05, 0.1) is 0 Å². The average Bonchev–Trinajstić information content (AvgIpc) is 2.47. The molecule has 0 aromatic heterocycles. The molecule has 4 nitrogen and oxygen atoms in total. The van der Waals surface area contributed by atoms with Crippen LogP contribution in [0.4, 0.5) is 0 Å². The van der Waals surface area contributed by atoms with Crippen molar-refractivity contribution in [2.75, 3.05) is 52.4 Å². The molecular weight excluding hydrogens is 284 g/mol. The van der Waals surface area contributed by atoms with Gasteiger partial charge in [-0.3, -0.25) is 0 Å². The molecule has 0 rings (SSSR count). The average molecular weight is 319 g/mol. The summed E-state index contributed by atoms with van der Waals surface area (Å²) in [5.74, 6) is 0. The molecule has 0 fully saturated rings. The molecule has 4 N–H and O–H groups in total. The highest BCUT2D eigenvalue weighted by atomic mass is 35.5. The van der Waals surface area contributed by atoms with Crippen LogP contribution in [0, 0.1) is 0 Å². The van der Waals surface area contributed by atoms with E-state index >= 15 is 0 Å². The molecule has 0 spiro atoms. The van der Waals surface area contributed by atoms with Gasteiger partial charge < -0.3 is 21.3 Å². The third kappa shape index (κ3) is 22.0. The van der Waals surface area contributed by atoms with Crippen LogP contribution in [0.2, 0.25) is 0 Å². The fraction of sp³-hybridized carbons (Fsp3) is 0.750. The highest BCUT2D eigenvalue weighted by Gasteiger charge is 1.87. The van der Waals surface area contributed by atoms with Gasteiger partial charge in [-0.05, 0) is 39.0 Å². The number of rotatable bonds is 15. The van der Waals surface area contributed by atoms with E-state index in [-0.39, 0.29) is 12.4 Å². The fourth-order valence-corrected chi connectivity index (χ4v) is 1.66. The molecular formula is C16H35ClN4. The number of unbranched alkanes of at least 4 members (excludes halogenated alkanes) is 1. The Hall–Kier alpha value is -0.390. The molecule has 21 heavy (non-hydrogen) atoms. The summed E-state index contributed by atoms with van der Waals surface area (Å²) in [6.07, 6.45) is 11.2. The van der Waals surface area contributed by atoms with Gasteiger partial charge in [-0.15, -0.1) is 12.4 Å². The maximum absolute atomic E-state index is 3.42. The van der Waals surface area contributed by atoms with Crippen molar-refractivity contribution in [1.29, 1.82) is 0 Å². The Balaban J connectivity index is 0. The molecule has 0 aromatic rings. The van der Waals surface area contributed by atoms with E-state index in [2.05, 4.69) is 59.4 Å². The van der Waals surface area contributed by atoms with Crippen molar-refractivity contribution in [1.82, 2.24) is 21.3 Å². The molecule has 0 saturated carbocycles. The van der Waals surface area contributed by atoms with Gasteiger partial charge in [0, 0.05) is 26.2 Å². The van der Waals surface area contributed by atoms with Crippen molar-refractivity contribution in [2.24, 2.45) is 0 Å². The summed E-state index contributed by atoms with van der Waals surface area (Å²) in [5.41, 5.74) is 0. The van der Waals surface area contributed by atoms with Crippen LogP contribution in [0.25, 0.3) is 0 Å². The zero-order valence-corrected chi connectivity index (χ0v) is 14.6. The van der Waals surface area contributed by atoms with E-state index in [9.17, 15) is 0 Å². The molecule has 0 aliphatic heterocycles. The van der Waals surface area contributed by atoms with Gasteiger partial charge in [0.25, 0.3) is 0 Å². The van der Waals surface area contributed by atoms with Crippen LogP contribution in [0.15, 0.2) is 24.3 Å². The van der Waals surface area contributed by atoms with E-state index in [4.69, 9.17) is 0 Å².